The molecule has 58 heavy (non-hydrogen) atoms. The standard InChI is InChI=1S/C52H57Cl2NO3/c1-49(2,3)34-15-13-17-44(26-34)57-46-29-38(53)28-42(32-46)55(41-24-36(51(7,8)9)23-37(25-41)52(10,11)12)40-19-21-43(22-20-40)56-47-30-39(54)31-48(33-47)58-45-18-14-16-35(27-45)50(4,5)6/h13-33H,1-12H3. The molecule has 4 nitrogen and oxygen atoms in total. The summed E-state index contributed by atoms with van der Waals surface area (Å²) in [4.78, 5) is 2.23. The Balaban J connectivity index is 1.38. The normalized spacial score (nSPS) is 12.3. The summed E-state index contributed by atoms with van der Waals surface area (Å²) in [7, 11) is 0. The maximum absolute atomic E-state index is 6.92. The summed E-state index contributed by atoms with van der Waals surface area (Å²) in [6, 6.07) is 42.6. The molecule has 6 aromatic rings. The molecule has 0 heterocycles. The summed E-state index contributed by atoms with van der Waals surface area (Å²) in [6.07, 6.45) is 0. The summed E-state index contributed by atoms with van der Waals surface area (Å²) in [6.45, 7) is 26.7. The van der Waals surface area contributed by atoms with Crippen LogP contribution in [0.2, 0.25) is 10.0 Å². The minimum absolute atomic E-state index is 0.00450. The van der Waals surface area contributed by atoms with Crippen LogP contribution in [-0.2, 0) is 21.7 Å². The number of nitrogens with zero attached hydrogens (tertiary/aromatic N) is 1. The van der Waals surface area contributed by atoms with Crippen molar-refractivity contribution in [2.75, 3.05) is 4.90 Å². The molecule has 0 bridgehead atoms. The Labute approximate surface area is 356 Å². The molecule has 0 aliphatic rings. The average Bonchev–Trinajstić information content (AvgIpc) is 3.11. The lowest BCUT2D eigenvalue weighted by atomic mass is 9.80. The summed E-state index contributed by atoms with van der Waals surface area (Å²) in [5.41, 5.74) is 7.46. The number of halogens is 2. The van der Waals surface area contributed by atoms with Crippen molar-refractivity contribution < 1.29 is 14.2 Å². The predicted octanol–water partition coefficient (Wildman–Crippen LogP) is 17.0. The van der Waals surface area contributed by atoms with E-state index < -0.39 is 0 Å². The highest BCUT2D eigenvalue weighted by atomic mass is 35.5. The van der Waals surface area contributed by atoms with E-state index in [2.05, 4.69) is 143 Å². The van der Waals surface area contributed by atoms with Crippen LogP contribution in [0.1, 0.15) is 105 Å². The van der Waals surface area contributed by atoms with Crippen molar-refractivity contribution in [2.24, 2.45) is 0 Å². The van der Waals surface area contributed by atoms with Crippen LogP contribution in [-0.4, -0.2) is 0 Å². The molecule has 302 valence electrons. The molecule has 6 rings (SSSR count). The third-order valence-electron chi connectivity index (χ3n) is 10.1. The Morgan fingerprint density at radius 3 is 1.17 bits per heavy atom. The molecular weight excluding hydrogens is 757 g/mol. The van der Waals surface area contributed by atoms with E-state index in [1.807, 2.05) is 60.7 Å². The van der Waals surface area contributed by atoms with Gasteiger partial charge >= 0.3 is 0 Å². The van der Waals surface area contributed by atoms with Gasteiger partial charge in [0.1, 0.15) is 34.5 Å². The molecule has 0 aliphatic carbocycles. The SMILES string of the molecule is CC(C)(C)c1cccc(Oc2cc(Cl)cc(Oc3ccc(N(c4cc(Cl)cc(Oc5cccc(C(C)(C)C)c5)c4)c4cc(C(C)(C)C)cc(C(C)(C)C)c4)cc3)c2)c1. The summed E-state index contributed by atoms with van der Waals surface area (Å²) >= 11 is 13.5. The van der Waals surface area contributed by atoms with E-state index in [-0.39, 0.29) is 21.7 Å². The molecule has 0 aromatic heterocycles. The van der Waals surface area contributed by atoms with Crippen LogP contribution in [0, 0.1) is 0 Å². The lowest BCUT2D eigenvalue weighted by Crippen LogP contribution is -2.19. The molecule has 0 saturated carbocycles. The molecule has 6 heteroatoms. The van der Waals surface area contributed by atoms with Crippen molar-refractivity contribution in [3.05, 3.63) is 160 Å². The van der Waals surface area contributed by atoms with Gasteiger partial charge in [0.05, 0.1) is 5.69 Å². The lowest BCUT2D eigenvalue weighted by molar-refractivity contribution is 0.458. The fourth-order valence-corrected chi connectivity index (χ4v) is 7.00. The van der Waals surface area contributed by atoms with Gasteiger partial charge in [-0.3, -0.25) is 0 Å². The van der Waals surface area contributed by atoms with Crippen molar-refractivity contribution in [2.45, 2.75) is 105 Å². The first-order valence-electron chi connectivity index (χ1n) is 19.9. The van der Waals surface area contributed by atoms with Crippen molar-refractivity contribution in [1.29, 1.82) is 0 Å². The molecule has 0 amide bonds. The van der Waals surface area contributed by atoms with E-state index in [0.717, 1.165) is 28.6 Å². The molecule has 0 fully saturated rings. The van der Waals surface area contributed by atoms with Gasteiger partial charge in [-0.05, 0) is 129 Å². The van der Waals surface area contributed by atoms with Gasteiger partial charge in [0, 0.05) is 33.6 Å². The predicted molar refractivity (Wildman–Crippen MR) is 245 cm³/mol. The van der Waals surface area contributed by atoms with Crippen molar-refractivity contribution in [3.8, 4) is 34.5 Å². The first kappa shape index (κ1) is 42.7. The first-order chi connectivity index (χ1) is 27.0. The number of anilines is 3. The van der Waals surface area contributed by atoms with Gasteiger partial charge in [-0.15, -0.1) is 0 Å². The molecule has 0 N–H and O–H groups in total. The lowest BCUT2D eigenvalue weighted by Gasteiger charge is -2.31. The highest BCUT2D eigenvalue weighted by molar-refractivity contribution is 6.31. The monoisotopic (exact) mass is 813 g/mol. The summed E-state index contributed by atoms with van der Waals surface area (Å²) < 4.78 is 19.2. The summed E-state index contributed by atoms with van der Waals surface area (Å²) in [5.74, 6) is 3.95. The van der Waals surface area contributed by atoms with Crippen LogP contribution in [0.4, 0.5) is 17.1 Å². The zero-order valence-corrected chi connectivity index (χ0v) is 37.6. The smallest absolute Gasteiger partial charge is 0.132 e. The van der Waals surface area contributed by atoms with Crippen LogP contribution in [0.15, 0.2) is 127 Å². The molecule has 0 radical (unpaired) electrons. The number of ether oxygens (including phenoxy) is 3. The fourth-order valence-electron chi connectivity index (χ4n) is 6.57. The van der Waals surface area contributed by atoms with E-state index in [9.17, 15) is 0 Å². The van der Waals surface area contributed by atoms with Crippen LogP contribution < -0.4 is 19.1 Å². The quantitative estimate of drug-likeness (QED) is 0.145. The van der Waals surface area contributed by atoms with E-state index in [1.54, 1.807) is 12.1 Å². The number of rotatable bonds is 9. The van der Waals surface area contributed by atoms with Crippen molar-refractivity contribution >= 4 is 40.3 Å². The first-order valence-corrected chi connectivity index (χ1v) is 20.7. The zero-order chi connectivity index (χ0) is 42.2. The third-order valence-corrected chi connectivity index (χ3v) is 10.5. The van der Waals surface area contributed by atoms with Gasteiger partial charge in [0.15, 0.2) is 0 Å². The summed E-state index contributed by atoms with van der Waals surface area (Å²) in [5, 5.41) is 1.08. The highest BCUT2D eigenvalue weighted by Gasteiger charge is 2.24. The number of hydrogen-bond donors (Lipinski definition) is 0. The van der Waals surface area contributed by atoms with Gasteiger partial charge in [-0.25, -0.2) is 0 Å². The van der Waals surface area contributed by atoms with Gasteiger partial charge < -0.3 is 19.1 Å². The molecule has 0 aliphatic heterocycles. The van der Waals surface area contributed by atoms with Crippen molar-refractivity contribution in [3.63, 3.8) is 0 Å². The Morgan fingerprint density at radius 1 is 0.328 bits per heavy atom. The molecule has 0 saturated heterocycles. The third kappa shape index (κ3) is 10.8. The van der Waals surface area contributed by atoms with Crippen LogP contribution in [0.25, 0.3) is 0 Å². The van der Waals surface area contributed by atoms with Crippen molar-refractivity contribution in [1.82, 2.24) is 0 Å². The van der Waals surface area contributed by atoms with Crippen LogP contribution >= 0.6 is 23.2 Å². The van der Waals surface area contributed by atoms with Gasteiger partial charge in [-0.1, -0.05) is 137 Å². The number of hydrogen-bond acceptors (Lipinski definition) is 4. The molecule has 0 atom stereocenters. The van der Waals surface area contributed by atoms with Gasteiger partial charge in [0.2, 0.25) is 0 Å². The Kier molecular flexibility index (Phi) is 12.1. The highest BCUT2D eigenvalue weighted by Crippen LogP contribution is 2.43. The minimum atomic E-state index is -0.0883. The molecule has 6 aromatic carbocycles. The minimum Gasteiger partial charge on any atom is -0.457 e. The van der Waals surface area contributed by atoms with Crippen LogP contribution in [0.3, 0.4) is 0 Å². The fraction of sp³-hybridized carbons (Fsp3) is 0.308. The van der Waals surface area contributed by atoms with Gasteiger partial charge in [-0.2, -0.15) is 0 Å². The molecule has 0 unspecified atom stereocenters. The molecular formula is C52H57Cl2NO3. The largest absolute Gasteiger partial charge is 0.457 e. The second-order valence-electron chi connectivity index (χ2n) is 19.2. The Morgan fingerprint density at radius 2 is 0.724 bits per heavy atom. The maximum Gasteiger partial charge on any atom is 0.132 e. The van der Waals surface area contributed by atoms with E-state index in [0.29, 0.717) is 33.0 Å². The second-order valence-corrected chi connectivity index (χ2v) is 20.1. The van der Waals surface area contributed by atoms with Gasteiger partial charge in [0.25, 0.3) is 0 Å². The zero-order valence-electron chi connectivity index (χ0n) is 36.1. The topological polar surface area (TPSA) is 30.9 Å². The Bertz CT molecular complexity index is 2360. The average molecular weight is 815 g/mol. The second kappa shape index (κ2) is 16.4. The van der Waals surface area contributed by atoms with E-state index in [1.165, 1.54) is 22.3 Å². The maximum atomic E-state index is 6.92. The van der Waals surface area contributed by atoms with E-state index in [4.69, 9.17) is 37.4 Å². The van der Waals surface area contributed by atoms with E-state index >= 15 is 0 Å². The van der Waals surface area contributed by atoms with Crippen LogP contribution in [0.5, 0.6) is 34.5 Å². The molecule has 0 spiro atoms. The Hall–Kier alpha value is -4.90. The number of benzene rings is 6.